The van der Waals surface area contributed by atoms with Crippen LogP contribution in [0.4, 0.5) is 0 Å². The molecule has 0 fully saturated rings. The van der Waals surface area contributed by atoms with Gasteiger partial charge in [-0.1, -0.05) is 43.3 Å². The minimum atomic E-state index is -1.28. The number of rotatable bonds is 9. The molecule has 0 radical (unpaired) electrons. The number of nitriles is 1. The van der Waals surface area contributed by atoms with Crippen LogP contribution in [-0.4, -0.2) is 43.8 Å². The highest BCUT2D eigenvalue weighted by atomic mass is 35.5. The first kappa shape index (κ1) is 25.6. The summed E-state index contributed by atoms with van der Waals surface area (Å²) < 4.78 is 10.3. The minimum Gasteiger partial charge on any atom is -0.492 e. The topological polar surface area (TPSA) is 118 Å². The smallest absolute Gasteiger partial charge is 0.319 e. The fourth-order valence-corrected chi connectivity index (χ4v) is 4.29. The molecule has 2 N–H and O–H groups in total. The van der Waals surface area contributed by atoms with E-state index in [0.29, 0.717) is 35.4 Å². The zero-order valence-corrected chi connectivity index (χ0v) is 19.9. The van der Waals surface area contributed by atoms with Gasteiger partial charge in [0.05, 0.1) is 41.2 Å². The van der Waals surface area contributed by atoms with Crippen molar-refractivity contribution in [3.63, 3.8) is 0 Å². The number of methoxy groups -OCH3 is 1. The van der Waals surface area contributed by atoms with E-state index in [9.17, 15) is 19.6 Å². The molecule has 172 valence electrons. The Morgan fingerprint density at radius 2 is 2.09 bits per heavy atom. The van der Waals surface area contributed by atoms with Crippen molar-refractivity contribution in [2.45, 2.75) is 26.7 Å². The van der Waals surface area contributed by atoms with Crippen LogP contribution >= 0.6 is 23.4 Å². The van der Waals surface area contributed by atoms with Crippen LogP contribution in [0.15, 0.2) is 28.8 Å². The first-order valence-electron chi connectivity index (χ1n) is 10.1. The summed E-state index contributed by atoms with van der Waals surface area (Å²) in [7, 11) is 1.18. The number of allylic oxidation sites excluding steroid dienone is 1. The number of amides is 2. The van der Waals surface area contributed by atoms with Crippen LogP contribution in [0.1, 0.15) is 32.3 Å². The predicted octanol–water partition coefficient (Wildman–Crippen LogP) is 2.98. The predicted molar refractivity (Wildman–Crippen MR) is 122 cm³/mol. The molecule has 0 spiro atoms. The second-order valence-electron chi connectivity index (χ2n) is 7.43. The van der Waals surface area contributed by atoms with Gasteiger partial charge in [-0.2, -0.15) is 5.26 Å². The standard InChI is InChI=1S/C22H26ClN3O5S/c1-5-31-16-7-6-13(8-15(16)23)18-14(9-24)21(26-20(28)19(18)22(29)30-4)32-11-17(27)25-10-12(2)3/h6-8,12,18-19H,5,10-11H2,1-4H3,(H,25,27)(H,26,28)/t18-,19+/m1/s1. The average Bonchev–Trinajstić information content (AvgIpc) is 2.76. The lowest BCUT2D eigenvalue weighted by Crippen LogP contribution is -2.44. The van der Waals surface area contributed by atoms with Crippen molar-refractivity contribution >= 4 is 41.1 Å². The molecule has 1 heterocycles. The molecule has 2 rings (SSSR count). The maximum atomic E-state index is 12.8. The van der Waals surface area contributed by atoms with Gasteiger partial charge in [-0.25, -0.2) is 0 Å². The lowest BCUT2D eigenvalue weighted by molar-refractivity contribution is -0.150. The van der Waals surface area contributed by atoms with Crippen molar-refractivity contribution in [2.75, 3.05) is 26.0 Å². The number of hydrogen-bond acceptors (Lipinski definition) is 7. The SMILES string of the molecule is CCOc1ccc([C@@H]2C(C#N)=C(SCC(=O)NCC(C)C)NC(=O)[C@H]2C(=O)OC)cc1Cl. The maximum absolute atomic E-state index is 12.8. The number of nitrogens with one attached hydrogen (secondary N) is 2. The normalized spacial score (nSPS) is 18.1. The van der Waals surface area contributed by atoms with Gasteiger partial charge in [0, 0.05) is 12.5 Å². The molecule has 0 saturated heterocycles. The fourth-order valence-electron chi connectivity index (χ4n) is 3.17. The Bertz CT molecular complexity index is 957. The highest BCUT2D eigenvalue weighted by Gasteiger charge is 2.44. The van der Waals surface area contributed by atoms with Crippen molar-refractivity contribution in [3.05, 3.63) is 39.4 Å². The van der Waals surface area contributed by atoms with Gasteiger partial charge in [-0.15, -0.1) is 0 Å². The number of carbonyl (C=O) groups excluding carboxylic acids is 3. The first-order valence-corrected chi connectivity index (χ1v) is 11.4. The summed E-state index contributed by atoms with van der Waals surface area (Å²) in [5.74, 6) is -3.06. The molecule has 32 heavy (non-hydrogen) atoms. The largest absolute Gasteiger partial charge is 0.492 e. The summed E-state index contributed by atoms with van der Waals surface area (Å²) in [6.45, 7) is 6.71. The molecule has 1 aromatic rings. The molecule has 1 aliphatic heterocycles. The molecule has 0 unspecified atom stereocenters. The van der Waals surface area contributed by atoms with Crippen LogP contribution in [0.2, 0.25) is 5.02 Å². The van der Waals surface area contributed by atoms with E-state index in [4.69, 9.17) is 21.1 Å². The molecule has 1 aromatic carbocycles. The van der Waals surface area contributed by atoms with Gasteiger partial charge < -0.3 is 20.1 Å². The van der Waals surface area contributed by atoms with Crippen LogP contribution in [0.5, 0.6) is 5.75 Å². The van der Waals surface area contributed by atoms with Crippen molar-refractivity contribution < 1.29 is 23.9 Å². The number of carbonyl (C=O) groups is 3. The quantitative estimate of drug-likeness (QED) is 0.413. The van der Waals surface area contributed by atoms with Gasteiger partial charge in [-0.3, -0.25) is 14.4 Å². The lowest BCUT2D eigenvalue weighted by atomic mass is 9.78. The molecule has 2 atom stereocenters. The monoisotopic (exact) mass is 479 g/mol. The molecular formula is C22H26ClN3O5S. The number of esters is 1. The third-order valence-corrected chi connectivity index (χ3v) is 5.97. The van der Waals surface area contributed by atoms with E-state index >= 15 is 0 Å². The molecule has 8 nitrogen and oxygen atoms in total. The Kier molecular flexibility index (Phi) is 9.42. The molecule has 0 aliphatic carbocycles. The average molecular weight is 480 g/mol. The summed E-state index contributed by atoms with van der Waals surface area (Å²) in [5.41, 5.74) is 0.643. The number of halogens is 1. The highest BCUT2D eigenvalue weighted by Crippen LogP contribution is 2.42. The van der Waals surface area contributed by atoms with E-state index in [0.717, 1.165) is 11.8 Å². The van der Waals surface area contributed by atoms with Gasteiger partial charge in [0.2, 0.25) is 11.8 Å². The van der Waals surface area contributed by atoms with Gasteiger partial charge in [0.15, 0.2) is 0 Å². The molecule has 0 saturated carbocycles. The van der Waals surface area contributed by atoms with Crippen LogP contribution in [0.25, 0.3) is 0 Å². The third kappa shape index (κ3) is 6.17. The summed E-state index contributed by atoms with van der Waals surface area (Å²) in [5, 5.41) is 15.8. The summed E-state index contributed by atoms with van der Waals surface area (Å²) in [6, 6.07) is 6.95. The lowest BCUT2D eigenvalue weighted by Gasteiger charge is -2.31. The van der Waals surface area contributed by atoms with E-state index < -0.39 is 23.7 Å². The minimum absolute atomic E-state index is 0.00710. The molecule has 1 aliphatic rings. The summed E-state index contributed by atoms with van der Waals surface area (Å²) in [6.07, 6.45) is 0. The van der Waals surface area contributed by atoms with Crippen LogP contribution in [0.3, 0.4) is 0 Å². The molecule has 0 bridgehead atoms. The van der Waals surface area contributed by atoms with Crippen molar-refractivity contribution in [2.24, 2.45) is 11.8 Å². The number of ether oxygens (including phenoxy) is 2. The van der Waals surface area contributed by atoms with Crippen LogP contribution < -0.4 is 15.4 Å². The van der Waals surface area contributed by atoms with Crippen molar-refractivity contribution in [1.29, 1.82) is 5.26 Å². The van der Waals surface area contributed by atoms with Gasteiger partial charge in [0.1, 0.15) is 11.7 Å². The zero-order chi connectivity index (χ0) is 23.8. The zero-order valence-electron chi connectivity index (χ0n) is 18.4. The van der Waals surface area contributed by atoms with Gasteiger partial charge >= 0.3 is 5.97 Å². The number of hydrogen-bond donors (Lipinski definition) is 2. The number of thioether (sulfide) groups is 1. The molecule has 10 heteroatoms. The van der Waals surface area contributed by atoms with Crippen LogP contribution in [-0.2, 0) is 19.1 Å². The third-order valence-electron chi connectivity index (χ3n) is 4.65. The first-order chi connectivity index (χ1) is 15.2. The summed E-state index contributed by atoms with van der Waals surface area (Å²) in [4.78, 5) is 37.4. The fraction of sp³-hybridized carbons (Fsp3) is 0.455. The Morgan fingerprint density at radius 1 is 1.38 bits per heavy atom. The summed E-state index contributed by atoms with van der Waals surface area (Å²) >= 11 is 7.35. The second kappa shape index (κ2) is 11.8. The van der Waals surface area contributed by atoms with E-state index in [2.05, 4.69) is 16.7 Å². The second-order valence-corrected chi connectivity index (χ2v) is 8.82. The van der Waals surface area contributed by atoms with E-state index in [1.807, 2.05) is 20.8 Å². The van der Waals surface area contributed by atoms with Crippen LogP contribution in [0, 0.1) is 23.2 Å². The van der Waals surface area contributed by atoms with Crippen molar-refractivity contribution in [1.82, 2.24) is 10.6 Å². The number of benzene rings is 1. The van der Waals surface area contributed by atoms with E-state index in [1.165, 1.54) is 7.11 Å². The Balaban J connectivity index is 2.44. The molecule has 2 amide bonds. The van der Waals surface area contributed by atoms with Crippen molar-refractivity contribution in [3.8, 4) is 11.8 Å². The Labute approximate surface area is 196 Å². The van der Waals surface area contributed by atoms with Gasteiger partial charge in [-0.05, 0) is 30.5 Å². The van der Waals surface area contributed by atoms with E-state index in [1.54, 1.807) is 18.2 Å². The number of nitrogens with zero attached hydrogens (tertiary/aromatic N) is 1. The maximum Gasteiger partial charge on any atom is 0.319 e. The van der Waals surface area contributed by atoms with Gasteiger partial charge in [0.25, 0.3) is 0 Å². The molecular weight excluding hydrogens is 454 g/mol. The van der Waals surface area contributed by atoms with E-state index in [-0.39, 0.29) is 22.3 Å². The highest BCUT2D eigenvalue weighted by molar-refractivity contribution is 8.03. The Morgan fingerprint density at radius 3 is 2.66 bits per heavy atom. The molecule has 0 aromatic heterocycles. The Hall–Kier alpha value is -2.70.